The van der Waals surface area contributed by atoms with Gasteiger partial charge < -0.3 is 0 Å². The van der Waals surface area contributed by atoms with Gasteiger partial charge >= 0.3 is 6.18 Å². The second-order valence-corrected chi connectivity index (χ2v) is 6.87. The van der Waals surface area contributed by atoms with E-state index in [-0.39, 0.29) is 21.8 Å². The van der Waals surface area contributed by atoms with Gasteiger partial charge in [-0.2, -0.15) is 18.3 Å². The molecule has 0 spiro atoms. The van der Waals surface area contributed by atoms with Crippen LogP contribution in [0.1, 0.15) is 5.69 Å². The number of primary sulfonamides is 1. The van der Waals surface area contributed by atoms with Crippen molar-refractivity contribution in [2.24, 2.45) is 5.14 Å². The molecule has 1 aromatic heterocycles. The molecule has 3 rings (SSSR count). The molecule has 0 bridgehead atoms. The molecule has 5 nitrogen and oxygen atoms in total. The van der Waals surface area contributed by atoms with Gasteiger partial charge in [0.1, 0.15) is 10.7 Å². The van der Waals surface area contributed by atoms with Crippen molar-refractivity contribution in [3.63, 3.8) is 0 Å². The summed E-state index contributed by atoms with van der Waals surface area (Å²) in [5.41, 5.74) is -1.21. The fourth-order valence-electron chi connectivity index (χ4n) is 2.40. The van der Waals surface area contributed by atoms with E-state index in [2.05, 4.69) is 5.10 Å². The van der Waals surface area contributed by atoms with Crippen molar-refractivity contribution >= 4 is 10.0 Å². The number of hydrogen-bond donors (Lipinski definition) is 1. The summed E-state index contributed by atoms with van der Waals surface area (Å²) in [5.74, 6) is -0.569. The lowest BCUT2D eigenvalue weighted by Crippen LogP contribution is -2.16. The fourth-order valence-corrected chi connectivity index (χ4v) is 3.12. The zero-order valence-electron chi connectivity index (χ0n) is 12.9. The molecule has 0 aliphatic heterocycles. The van der Waals surface area contributed by atoms with E-state index >= 15 is 0 Å². The predicted molar refractivity (Wildman–Crippen MR) is 85.3 cm³/mol. The van der Waals surface area contributed by atoms with Gasteiger partial charge in [-0.15, -0.1) is 0 Å². The van der Waals surface area contributed by atoms with Crippen LogP contribution < -0.4 is 5.14 Å². The Morgan fingerprint density at radius 1 is 1.00 bits per heavy atom. The summed E-state index contributed by atoms with van der Waals surface area (Å²) < 4.78 is 76.9. The molecule has 0 saturated carbocycles. The van der Waals surface area contributed by atoms with Gasteiger partial charge in [0.25, 0.3) is 0 Å². The normalized spacial score (nSPS) is 12.3. The van der Waals surface area contributed by atoms with E-state index in [1.807, 2.05) is 0 Å². The molecule has 0 atom stereocenters. The first-order valence-electron chi connectivity index (χ1n) is 7.13. The summed E-state index contributed by atoms with van der Waals surface area (Å²) in [4.78, 5) is -0.389. The number of hydrogen-bond acceptors (Lipinski definition) is 3. The molecule has 2 N–H and O–H groups in total. The van der Waals surface area contributed by atoms with Crippen molar-refractivity contribution < 1.29 is 26.0 Å². The summed E-state index contributed by atoms with van der Waals surface area (Å²) in [6.07, 6.45) is -4.75. The van der Waals surface area contributed by atoms with E-state index in [1.54, 1.807) is 0 Å². The average Bonchev–Trinajstić information content (AvgIpc) is 3.00. The van der Waals surface area contributed by atoms with Crippen LogP contribution in [0.15, 0.2) is 59.5 Å². The number of para-hydroxylation sites is 1. The average molecular weight is 385 g/mol. The number of nitrogens with two attached hydrogens (primary N) is 1. The maximum absolute atomic E-state index is 13.1. The Morgan fingerprint density at radius 3 is 2.19 bits per heavy atom. The summed E-state index contributed by atoms with van der Waals surface area (Å²) in [7, 11) is -4.22. The molecule has 0 aliphatic rings. The zero-order chi connectivity index (χ0) is 19.1. The number of sulfonamides is 1. The first kappa shape index (κ1) is 18.1. The van der Waals surface area contributed by atoms with Crippen LogP contribution in [0.4, 0.5) is 17.6 Å². The molecule has 26 heavy (non-hydrogen) atoms. The SMILES string of the molecule is NS(=O)(=O)c1ccccc1-n1nc(C(F)(F)F)cc1-c1ccc(F)cc1. The summed E-state index contributed by atoms with van der Waals surface area (Å²) >= 11 is 0. The molecule has 3 aromatic rings. The number of alkyl halides is 3. The van der Waals surface area contributed by atoms with E-state index in [9.17, 15) is 26.0 Å². The molecular formula is C16H11F4N3O2S. The van der Waals surface area contributed by atoms with Gasteiger partial charge in [-0.25, -0.2) is 22.6 Å². The molecular weight excluding hydrogens is 374 g/mol. The largest absolute Gasteiger partial charge is 0.435 e. The van der Waals surface area contributed by atoms with Crippen LogP contribution >= 0.6 is 0 Å². The lowest BCUT2D eigenvalue weighted by Gasteiger charge is -2.11. The van der Waals surface area contributed by atoms with Gasteiger partial charge in [-0.1, -0.05) is 12.1 Å². The van der Waals surface area contributed by atoms with Crippen LogP contribution in [0, 0.1) is 5.82 Å². The quantitative estimate of drug-likeness (QED) is 0.703. The maximum Gasteiger partial charge on any atom is 0.435 e. The maximum atomic E-state index is 13.1. The van der Waals surface area contributed by atoms with Crippen LogP contribution in [-0.2, 0) is 16.2 Å². The highest BCUT2D eigenvalue weighted by molar-refractivity contribution is 7.89. The van der Waals surface area contributed by atoms with Gasteiger partial charge in [-0.05, 0) is 42.5 Å². The van der Waals surface area contributed by atoms with Crippen molar-refractivity contribution in [2.45, 2.75) is 11.1 Å². The number of aromatic nitrogens is 2. The van der Waals surface area contributed by atoms with Crippen LogP contribution in [0.2, 0.25) is 0 Å². The summed E-state index contributed by atoms with van der Waals surface area (Å²) in [5, 5.41) is 8.66. The van der Waals surface area contributed by atoms with Crippen molar-refractivity contribution in [2.75, 3.05) is 0 Å². The second kappa shape index (κ2) is 6.22. The Kier molecular flexibility index (Phi) is 4.32. The standard InChI is InChI=1S/C16H11F4N3O2S/c17-11-7-5-10(6-8-11)13-9-15(16(18,19)20)22-23(13)12-3-1-2-4-14(12)26(21,24)25/h1-9H,(H2,21,24,25). The smallest absolute Gasteiger partial charge is 0.231 e. The lowest BCUT2D eigenvalue weighted by atomic mass is 10.1. The Hall–Kier alpha value is -2.72. The van der Waals surface area contributed by atoms with Crippen molar-refractivity contribution in [1.82, 2.24) is 9.78 Å². The second-order valence-electron chi connectivity index (χ2n) is 5.34. The lowest BCUT2D eigenvalue weighted by molar-refractivity contribution is -0.141. The Labute approximate surface area is 145 Å². The third-order valence-electron chi connectivity index (χ3n) is 3.54. The van der Waals surface area contributed by atoms with E-state index < -0.39 is 27.7 Å². The van der Waals surface area contributed by atoms with Crippen LogP contribution in [0.3, 0.4) is 0 Å². The number of nitrogens with zero attached hydrogens (tertiary/aromatic N) is 2. The molecule has 0 aliphatic carbocycles. The van der Waals surface area contributed by atoms with Gasteiger partial charge in [-0.3, -0.25) is 0 Å². The van der Waals surface area contributed by atoms with Gasteiger partial charge in [0.2, 0.25) is 10.0 Å². The molecule has 1 heterocycles. The van der Waals surface area contributed by atoms with E-state index in [0.29, 0.717) is 0 Å². The monoisotopic (exact) mass is 385 g/mol. The Bertz CT molecular complexity index is 1060. The van der Waals surface area contributed by atoms with Gasteiger partial charge in [0, 0.05) is 5.56 Å². The fraction of sp³-hybridized carbons (Fsp3) is 0.0625. The molecule has 10 heteroatoms. The minimum atomic E-state index is -4.75. The third-order valence-corrected chi connectivity index (χ3v) is 4.50. The third kappa shape index (κ3) is 3.46. The molecule has 2 aromatic carbocycles. The minimum absolute atomic E-state index is 0.0616. The molecule has 0 unspecified atom stereocenters. The minimum Gasteiger partial charge on any atom is -0.231 e. The zero-order valence-corrected chi connectivity index (χ0v) is 13.7. The van der Waals surface area contributed by atoms with E-state index in [4.69, 9.17) is 5.14 Å². The molecule has 0 saturated heterocycles. The van der Waals surface area contributed by atoms with Crippen molar-refractivity contribution in [3.8, 4) is 16.9 Å². The first-order valence-corrected chi connectivity index (χ1v) is 8.67. The highest BCUT2D eigenvalue weighted by Crippen LogP contribution is 2.34. The van der Waals surface area contributed by atoms with Crippen LogP contribution in [0.5, 0.6) is 0 Å². The molecule has 136 valence electrons. The topological polar surface area (TPSA) is 78.0 Å². The molecule has 0 fully saturated rings. The van der Waals surface area contributed by atoms with E-state index in [1.165, 1.54) is 30.3 Å². The summed E-state index contributed by atoms with van der Waals surface area (Å²) in [6, 6.07) is 10.7. The highest BCUT2D eigenvalue weighted by atomic mass is 32.2. The van der Waals surface area contributed by atoms with Crippen molar-refractivity contribution in [3.05, 3.63) is 66.1 Å². The predicted octanol–water partition coefficient (Wildman–Crippen LogP) is 3.34. The molecule has 0 amide bonds. The van der Waals surface area contributed by atoms with Crippen LogP contribution in [0.25, 0.3) is 16.9 Å². The van der Waals surface area contributed by atoms with Crippen molar-refractivity contribution in [1.29, 1.82) is 0 Å². The Morgan fingerprint density at radius 2 is 1.62 bits per heavy atom. The number of rotatable bonds is 3. The number of benzene rings is 2. The summed E-state index contributed by atoms with van der Waals surface area (Å²) in [6.45, 7) is 0. The highest BCUT2D eigenvalue weighted by Gasteiger charge is 2.35. The van der Waals surface area contributed by atoms with Gasteiger partial charge in [0.05, 0.1) is 11.4 Å². The number of halogens is 4. The van der Waals surface area contributed by atoms with Gasteiger partial charge in [0.15, 0.2) is 5.69 Å². The Balaban J connectivity index is 2.31. The van der Waals surface area contributed by atoms with E-state index in [0.717, 1.165) is 28.9 Å². The molecule has 0 radical (unpaired) electrons. The van der Waals surface area contributed by atoms with Crippen LogP contribution in [-0.4, -0.2) is 18.2 Å². The first-order chi connectivity index (χ1) is 12.1.